The van der Waals surface area contributed by atoms with Crippen LogP contribution in [0.3, 0.4) is 0 Å². The Morgan fingerprint density at radius 3 is 2.57 bits per heavy atom. The van der Waals surface area contributed by atoms with Crippen molar-refractivity contribution in [1.29, 1.82) is 5.26 Å². The van der Waals surface area contributed by atoms with Crippen LogP contribution in [0.4, 0.5) is 8.78 Å². The van der Waals surface area contributed by atoms with Gasteiger partial charge in [-0.3, -0.25) is 0 Å². The first-order valence-electron chi connectivity index (χ1n) is 5.93. The molecule has 0 aliphatic heterocycles. The number of fused-ring (bicyclic) bond motifs is 1. The van der Waals surface area contributed by atoms with E-state index in [4.69, 9.17) is 5.26 Å². The number of benzene rings is 1. The maximum absolute atomic E-state index is 13.2. The smallest absolute Gasteiger partial charge is 0.227 e. The Morgan fingerprint density at radius 2 is 1.95 bits per heavy atom. The monoisotopic (exact) mass is 348 g/mol. The predicted octanol–water partition coefficient (Wildman–Crippen LogP) is 3.97. The Labute approximate surface area is 126 Å². The van der Waals surface area contributed by atoms with E-state index in [1.54, 1.807) is 24.3 Å². The number of hydrogen-bond donors (Lipinski definition) is 0. The zero-order valence-electron chi connectivity index (χ0n) is 10.5. The molecular weight excluding hydrogens is 342 g/mol. The van der Waals surface area contributed by atoms with Gasteiger partial charge >= 0.3 is 0 Å². The second kappa shape index (κ2) is 5.22. The summed E-state index contributed by atoms with van der Waals surface area (Å²) in [5.74, 6) is 0. The maximum atomic E-state index is 13.2. The van der Waals surface area contributed by atoms with Crippen LogP contribution in [0.2, 0.25) is 0 Å². The zero-order valence-corrected chi connectivity index (χ0v) is 12.1. The largest absolute Gasteiger partial charge is 0.280 e. The average molecular weight is 349 g/mol. The Balaban J connectivity index is 2.28. The summed E-state index contributed by atoms with van der Waals surface area (Å²) in [7, 11) is 0. The molecule has 104 valence electrons. The summed E-state index contributed by atoms with van der Waals surface area (Å²) in [5, 5.41) is 12.8. The lowest BCUT2D eigenvalue weighted by Crippen LogP contribution is -2.02. The van der Waals surface area contributed by atoms with Crippen molar-refractivity contribution in [2.24, 2.45) is 0 Å². The molecule has 0 amide bonds. The Bertz CT molecular complexity index is 850. The molecule has 0 radical (unpaired) electrons. The molecule has 0 saturated carbocycles. The highest BCUT2D eigenvalue weighted by Gasteiger charge is 2.18. The summed E-state index contributed by atoms with van der Waals surface area (Å²) >= 11 is 3.31. The van der Waals surface area contributed by atoms with Gasteiger partial charge in [0.1, 0.15) is 17.3 Å². The SMILES string of the molecule is N#Cc1cnn2c(C(F)F)cc(-c3ccc(Br)cc3)nc12. The lowest BCUT2D eigenvalue weighted by atomic mass is 10.1. The Kier molecular flexibility index (Phi) is 3.39. The van der Waals surface area contributed by atoms with E-state index in [-0.39, 0.29) is 16.9 Å². The standard InChI is InChI=1S/C14H7BrF2N4/c15-10-3-1-8(2-4-10)11-5-12(13(16)17)21-14(20-11)9(6-18)7-19-21/h1-5,7,13H. The molecule has 0 bridgehead atoms. The van der Waals surface area contributed by atoms with Gasteiger partial charge in [0.2, 0.25) is 0 Å². The van der Waals surface area contributed by atoms with Gasteiger partial charge in [-0.2, -0.15) is 10.4 Å². The number of halogens is 3. The molecule has 0 spiro atoms. The molecule has 0 saturated heterocycles. The van der Waals surface area contributed by atoms with Crippen molar-refractivity contribution < 1.29 is 8.78 Å². The number of nitrogens with zero attached hydrogens (tertiary/aromatic N) is 4. The van der Waals surface area contributed by atoms with Crippen molar-refractivity contribution in [1.82, 2.24) is 14.6 Å². The van der Waals surface area contributed by atoms with Crippen LogP contribution in [-0.2, 0) is 0 Å². The second-order valence-electron chi connectivity index (χ2n) is 4.28. The van der Waals surface area contributed by atoms with E-state index in [0.29, 0.717) is 11.3 Å². The highest BCUT2D eigenvalue weighted by molar-refractivity contribution is 9.10. The normalized spacial score (nSPS) is 11.0. The first kappa shape index (κ1) is 13.6. The van der Waals surface area contributed by atoms with Crippen LogP contribution >= 0.6 is 15.9 Å². The molecule has 4 nitrogen and oxygen atoms in total. The third-order valence-electron chi connectivity index (χ3n) is 2.98. The third kappa shape index (κ3) is 2.38. The summed E-state index contributed by atoms with van der Waals surface area (Å²) in [5.41, 5.74) is 1.07. The molecular formula is C14H7BrF2N4. The number of aromatic nitrogens is 3. The van der Waals surface area contributed by atoms with Crippen molar-refractivity contribution in [3.63, 3.8) is 0 Å². The minimum Gasteiger partial charge on any atom is -0.227 e. The molecule has 2 aromatic heterocycles. The van der Waals surface area contributed by atoms with E-state index >= 15 is 0 Å². The van der Waals surface area contributed by atoms with Crippen LogP contribution in [0, 0.1) is 11.3 Å². The summed E-state index contributed by atoms with van der Waals surface area (Å²) in [6.07, 6.45) is -1.48. The van der Waals surface area contributed by atoms with Crippen LogP contribution in [0.5, 0.6) is 0 Å². The summed E-state index contributed by atoms with van der Waals surface area (Å²) in [6, 6.07) is 10.3. The van der Waals surface area contributed by atoms with Crippen LogP contribution < -0.4 is 0 Å². The number of alkyl halides is 2. The molecule has 3 aromatic rings. The minimum atomic E-state index is -2.71. The van der Waals surface area contributed by atoms with Crippen molar-refractivity contribution in [3.05, 3.63) is 52.3 Å². The lowest BCUT2D eigenvalue weighted by Gasteiger charge is -2.07. The molecule has 1 aromatic carbocycles. The molecule has 2 heterocycles. The van der Waals surface area contributed by atoms with Crippen LogP contribution in [-0.4, -0.2) is 14.6 Å². The van der Waals surface area contributed by atoms with Crippen molar-refractivity contribution in [2.75, 3.05) is 0 Å². The lowest BCUT2D eigenvalue weighted by molar-refractivity contribution is 0.143. The average Bonchev–Trinajstić information content (AvgIpc) is 2.89. The van der Waals surface area contributed by atoms with E-state index in [9.17, 15) is 8.78 Å². The van der Waals surface area contributed by atoms with Gasteiger partial charge in [-0.25, -0.2) is 18.3 Å². The first-order valence-corrected chi connectivity index (χ1v) is 6.72. The first-order chi connectivity index (χ1) is 10.1. The van der Waals surface area contributed by atoms with E-state index in [0.717, 1.165) is 8.99 Å². The second-order valence-corrected chi connectivity index (χ2v) is 5.19. The molecule has 0 fully saturated rings. The molecule has 0 atom stereocenters. The van der Waals surface area contributed by atoms with E-state index in [2.05, 4.69) is 26.0 Å². The highest BCUT2D eigenvalue weighted by Crippen LogP contribution is 2.27. The Hall–Kier alpha value is -2.33. The Morgan fingerprint density at radius 1 is 1.24 bits per heavy atom. The number of hydrogen-bond acceptors (Lipinski definition) is 3. The highest BCUT2D eigenvalue weighted by atomic mass is 79.9. The fourth-order valence-electron chi connectivity index (χ4n) is 1.99. The maximum Gasteiger partial charge on any atom is 0.280 e. The van der Waals surface area contributed by atoms with Crippen molar-refractivity contribution in [3.8, 4) is 17.3 Å². The summed E-state index contributed by atoms with van der Waals surface area (Å²) < 4.78 is 28.3. The van der Waals surface area contributed by atoms with Crippen LogP contribution in [0.25, 0.3) is 16.9 Å². The van der Waals surface area contributed by atoms with Crippen molar-refractivity contribution in [2.45, 2.75) is 6.43 Å². The van der Waals surface area contributed by atoms with Crippen LogP contribution in [0.15, 0.2) is 41.0 Å². The van der Waals surface area contributed by atoms with E-state index in [1.165, 1.54) is 12.3 Å². The fourth-order valence-corrected chi connectivity index (χ4v) is 2.25. The van der Waals surface area contributed by atoms with Crippen LogP contribution in [0.1, 0.15) is 17.7 Å². The molecule has 0 aliphatic rings. The molecule has 0 aliphatic carbocycles. The van der Waals surface area contributed by atoms with Gasteiger partial charge in [-0.15, -0.1) is 0 Å². The van der Waals surface area contributed by atoms with Gasteiger partial charge in [-0.05, 0) is 18.2 Å². The van der Waals surface area contributed by atoms with Crippen molar-refractivity contribution >= 4 is 21.6 Å². The van der Waals surface area contributed by atoms with Gasteiger partial charge < -0.3 is 0 Å². The number of nitriles is 1. The zero-order chi connectivity index (χ0) is 15.0. The number of rotatable bonds is 2. The summed E-state index contributed by atoms with van der Waals surface area (Å²) in [4.78, 5) is 4.28. The van der Waals surface area contributed by atoms with E-state index < -0.39 is 6.43 Å². The summed E-state index contributed by atoms with van der Waals surface area (Å²) in [6.45, 7) is 0. The van der Waals surface area contributed by atoms with E-state index in [1.807, 2.05) is 6.07 Å². The van der Waals surface area contributed by atoms with Gasteiger partial charge in [0.05, 0.1) is 11.9 Å². The predicted molar refractivity (Wildman–Crippen MR) is 75.8 cm³/mol. The third-order valence-corrected chi connectivity index (χ3v) is 3.51. The quantitative estimate of drug-likeness (QED) is 0.704. The van der Waals surface area contributed by atoms with Gasteiger partial charge in [0.15, 0.2) is 5.65 Å². The minimum absolute atomic E-state index is 0.133. The topological polar surface area (TPSA) is 54.0 Å². The fraction of sp³-hybridized carbons (Fsp3) is 0.0714. The molecule has 0 unspecified atom stereocenters. The van der Waals surface area contributed by atoms with Gasteiger partial charge in [0.25, 0.3) is 6.43 Å². The molecule has 21 heavy (non-hydrogen) atoms. The molecule has 0 N–H and O–H groups in total. The molecule has 3 rings (SSSR count). The van der Waals surface area contributed by atoms with Gasteiger partial charge in [-0.1, -0.05) is 28.1 Å². The van der Waals surface area contributed by atoms with Gasteiger partial charge in [0, 0.05) is 10.0 Å². The molecule has 7 heteroatoms.